The van der Waals surface area contributed by atoms with Crippen molar-refractivity contribution in [2.75, 3.05) is 31.2 Å². The Morgan fingerprint density at radius 1 is 1.47 bits per heavy atom. The Morgan fingerprint density at radius 3 is 2.87 bits per heavy atom. The Bertz CT molecular complexity index is 361. The van der Waals surface area contributed by atoms with Gasteiger partial charge in [0.05, 0.1) is 13.2 Å². The molecule has 5 nitrogen and oxygen atoms in total. The molecular weight excluding hydrogens is 194 g/mol. The van der Waals surface area contributed by atoms with Gasteiger partial charge in [-0.2, -0.15) is 0 Å². The molecule has 1 fully saturated rings. The fraction of sp³-hybridized carbons (Fsp3) is 0.500. The number of Topliss-reactive ketones (excluding diaryl/α,β-unsaturated/α-hetero) is 1. The lowest BCUT2D eigenvalue weighted by Crippen LogP contribution is -2.37. The molecule has 1 aliphatic rings. The fourth-order valence-corrected chi connectivity index (χ4v) is 1.46. The van der Waals surface area contributed by atoms with E-state index in [9.17, 15) is 4.79 Å². The first-order valence-electron chi connectivity index (χ1n) is 4.94. The number of nitrogens with zero attached hydrogens (tertiary/aromatic N) is 3. The topological polar surface area (TPSA) is 55.3 Å². The first-order valence-corrected chi connectivity index (χ1v) is 4.94. The number of hydrogen-bond donors (Lipinski definition) is 0. The molecule has 80 valence electrons. The van der Waals surface area contributed by atoms with Gasteiger partial charge in [0.1, 0.15) is 5.69 Å². The quantitative estimate of drug-likeness (QED) is 0.661. The van der Waals surface area contributed by atoms with Crippen LogP contribution in [0.4, 0.5) is 5.95 Å². The standard InChI is InChI=1S/C10H13N3O2/c1-8(14)9-2-3-11-10(12-9)13-4-6-15-7-5-13/h2-3H,4-7H2,1H3. The van der Waals surface area contributed by atoms with Crippen molar-refractivity contribution in [2.24, 2.45) is 0 Å². The van der Waals surface area contributed by atoms with Crippen molar-refractivity contribution in [3.05, 3.63) is 18.0 Å². The van der Waals surface area contributed by atoms with Crippen LogP contribution in [0, 0.1) is 0 Å². The van der Waals surface area contributed by atoms with E-state index >= 15 is 0 Å². The van der Waals surface area contributed by atoms with Crippen molar-refractivity contribution in [3.63, 3.8) is 0 Å². The van der Waals surface area contributed by atoms with Crippen molar-refractivity contribution >= 4 is 11.7 Å². The molecule has 15 heavy (non-hydrogen) atoms. The number of ketones is 1. The zero-order valence-corrected chi connectivity index (χ0v) is 8.64. The van der Waals surface area contributed by atoms with Crippen LogP contribution in [0.25, 0.3) is 0 Å². The van der Waals surface area contributed by atoms with Gasteiger partial charge in [-0.3, -0.25) is 4.79 Å². The highest BCUT2D eigenvalue weighted by Gasteiger charge is 2.14. The minimum absolute atomic E-state index is 0.0353. The third-order valence-electron chi connectivity index (χ3n) is 2.30. The van der Waals surface area contributed by atoms with E-state index in [1.807, 2.05) is 4.90 Å². The molecule has 0 N–H and O–H groups in total. The van der Waals surface area contributed by atoms with Crippen molar-refractivity contribution < 1.29 is 9.53 Å². The number of rotatable bonds is 2. The predicted molar refractivity (Wildman–Crippen MR) is 55.1 cm³/mol. The van der Waals surface area contributed by atoms with Crippen LogP contribution in [0.15, 0.2) is 12.3 Å². The molecule has 0 amide bonds. The molecule has 0 unspecified atom stereocenters. The monoisotopic (exact) mass is 207 g/mol. The van der Waals surface area contributed by atoms with Gasteiger partial charge in [0.25, 0.3) is 0 Å². The number of hydrogen-bond acceptors (Lipinski definition) is 5. The molecule has 0 aliphatic carbocycles. The van der Waals surface area contributed by atoms with E-state index in [1.165, 1.54) is 6.92 Å². The second kappa shape index (κ2) is 4.35. The molecule has 0 radical (unpaired) electrons. The number of ether oxygens (including phenoxy) is 1. The summed E-state index contributed by atoms with van der Waals surface area (Å²) in [5, 5.41) is 0. The molecule has 0 aromatic carbocycles. The zero-order chi connectivity index (χ0) is 10.7. The van der Waals surface area contributed by atoms with Crippen molar-refractivity contribution in [2.45, 2.75) is 6.92 Å². The molecular formula is C10H13N3O2. The van der Waals surface area contributed by atoms with Gasteiger partial charge < -0.3 is 9.64 Å². The number of carbonyl (C=O) groups excluding carboxylic acids is 1. The summed E-state index contributed by atoms with van der Waals surface area (Å²) in [6.07, 6.45) is 1.62. The Balaban J connectivity index is 2.19. The Kier molecular flexibility index (Phi) is 2.91. The SMILES string of the molecule is CC(=O)c1ccnc(N2CCOCC2)n1. The minimum atomic E-state index is -0.0353. The van der Waals surface area contributed by atoms with Gasteiger partial charge in [-0.05, 0) is 6.07 Å². The summed E-state index contributed by atoms with van der Waals surface area (Å²) < 4.78 is 5.23. The molecule has 2 rings (SSSR count). The Labute approximate surface area is 88.1 Å². The Morgan fingerprint density at radius 2 is 2.20 bits per heavy atom. The summed E-state index contributed by atoms with van der Waals surface area (Å²) in [6.45, 7) is 4.44. The number of carbonyl (C=O) groups is 1. The highest BCUT2D eigenvalue weighted by atomic mass is 16.5. The van der Waals surface area contributed by atoms with Crippen LogP contribution in [0.1, 0.15) is 17.4 Å². The van der Waals surface area contributed by atoms with Crippen molar-refractivity contribution in [1.82, 2.24) is 9.97 Å². The summed E-state index contributed by atoms with van der Waals surface area (Å²) >= 11 is 0. The number of morpholine rings is 1. The van der Waals surface area contributed by atoms with E-state index < -0.39 is 0 Å². The van der Waals surface area contributed by atoms with Gasteiger partial charge in [0.15, 0.2) is 5.78 Å². The Hall–Kier alpha value is -1.49. The number of anilines is 1. The molecule has 1 aromatic heterocycles. The first-order chi connectivity index (χ1) is 7.27. The van der Waals surface area contributed by atoms with E-state index in [0.29, 0.717) is 24.9 Å². The van der Waals surface area contributed by atoms with Crippen molar-refractivity contribution in [3.8, 4) is 0 Å². The van der Waals surface area contributed by atoms with Crippen LogP contribution in [-0.2, 0) is 4.74 Å². The molecule has 0 spiro atoms. The predicted octanol–water partition coefficient (Wildman–Crippen LogP) is 0.516. The van der Waals surface area contributed by atoms with Crippen LogP contribution in [0.5, 0.6) is 0 Å². The maximum atomic E-state index is 11.1. The molecule has 0 atom stereocenters. The van der Waals surface area contributed by atoms with Gasteiger partial charge in [-0.15, -0.1) is 0 Å². The summed E-state index contributed by atoms with van der Waals surface area (Å²) in [7, 11) is 0. The fourth-order valence-electron chi connectivity index (χ4n) is 1.46. The summed E-state index contributed by atoms with van der Waals surface area (Å²) in [5.74, 6) is 0.581. The van der Waals surface area contributed by atoms with Gasteiger partial charge >= 0.3 is 0 Å². The maximum absolute atomic E-state index is 11.1. The molecule has 5 heteroatoms. The molecule has 2 heterocycles. The van der Waals surface area contributed by atoms with E-state index in [-0.39, 0.29) is 5.78 Å². The van der Waals surface area contributed by atoms with Gasteiger partial charge in [0.2, 0.25) is 5.95 Å². The molecule has 1 aliphatic heterocycles. The van der Waals surface area contributed by atoms with Gasteiger partial charge in [-0.1, -0.05) is 0 Å². The summed E-state index contributed by atoms with van der Waals surface area (Å²) in [5.41, 5.74) is 0.464. The van der Waals surface area contributed by atoms with Gasteiger partial charge in [-0.25, -0.2) is 9.97 Å². The lowest BCUT2D eigenvalue weighted by molar-refractivity contribution is 0.101. The van der Waals surface area contributed by atoms with Crippen LogP contribution in [0.2, 0.25) is 0 Å². The van der Waals surface area contributed by atoms with Crippen LogP contribution >= 0.6 is 0 Å². The average Bonchev–Trinajstić information content (AvgIpc) is 2.30. The van der Waals surface area contributed by atoms with Crippen LogP contribution in [0.3, 0.4) is 0 Å². The second-order valence-corrected chi connectivity index (χ2v) is 3.40. The van der Waals surface area contributed by atoms with E-state index in [0.717, 1.165) is 13.1 Å². The van der Waals surface area contributed by atoms with Crippen molar-refractivity contribution in [1.29, 1.82) is 0 Å². The highest BCUT2D eigenvalue weighted by Crippen LogP contribution is 2.09. The molecule has 1 aromatic rings. The lowest BCUT2D eigenvalue weighted by atomic mass is 10.3. The normalized spacial score (nSPS) is 16.5. The summed E-state index contributed by atoms with van der Waals surface area (Å²) in [4.78, 5) is 21.5. The third-order valence-corrected chi connectivity index (χ3v) is 2.30. The average molecular weight is 207 g/mol. The molecule has 0 saturated carbocycles. The minimum Gasteiger partial charge on any atom is -0.378 e. The highest BCUT2D eigenvalue weighted by molar-refractivity contribution is 5.92. The van der Waals surface area contributed by atoms with Crippen LogP contribution < -0.4 is 4.90 Å². The van der Waals surface area contributed by atoms with E-state index in [2.05, 4.69) is 9.97 Å². The van der Waals surface area contributed by atoms with Crippen LogP contribution in [-0.4, -0.2) is 42.1 Å². The molecule has 0 bridgehead atoms. The largest absolute Gasteiger partial charge is 0.378 e. The number of aromatic nitrogens is 2. The summed E-state index contributed by atoms with van der Waals surface area (Å²) in [6, 6.07) is 1.63. The van der Waals surface area contributed by atoms with Gasteiger partial charge in [0, 0.05) is 26.2 Å². The lowest BCUT2D eigenvalue weighted by Gasteiger charge is -2.26. The third kappa shape index (κ3) is 2.30. The first kappa shape index (κ1) is 10.0. The smallest absolute Gasteiger partial charge is 0.226 e. The van der Waals surface area contributed by atoms with E-state index in [4.69, 9.17) is 4.74 Å². The second-order valence-electron chi connectivity index (χ2n) is 3.40. The maximum Gasteiger partial charge on any atom is 0.226 e. The zero-order valence-electron chi connectivity index (χ0n) is 8.64. The van der Waals surface area contributed by atoms with E-state index in [1.54, 1.807) is 12.3 Å². The molecule has 1 saturated heterocycles.